The van der Waals surface area contributed by atoms with E-state index in [-0.39, 0.29) is 23.9 Å². The Balaban J connectivity index is 1.61. The first-order valence-corrected chi connectivity index (χ1v) is 8.68. The molecule has 0 bridgehead atoms. The summed E-state index contributed by atoms with van der Waals surface area (Å²) in [5, 5.41) is 3.51. The summed E-state index contributed by atoms with van der Waals surface area (Å²) in [4.78, 5) is 26.4. The second kappa shape index (κ2) is 6.07. The largest absolute Gasteiger partial charge is 0.302 e. The first-order chi connectivity index (χ1) is 10.1. The molecule has 4 unspecified atom stereocenters. The lowest BCUT2D eigenvalue weighted by Crippen LogP contribution is -2.49. The predicted molar refractivity (Wildman–Crippen MR) is 81.6 cm³/mol. The van der Waals surface area contributed by atoms with Crippen molar-refractivity contribution in [3.05, 3.63) is 0 Å². The number of imide groups is 1. The minimum atomic E-state index is -0.265. The van der Waals surface area contributed by atoms with Gasteiger partial charge in [-0.25, -0.2) is 0 Å². The van der Waals surface area contributed by atoms with Gasteiger partial charge in [0.05, 0.1) is 12.5 Å². The van der Waals surface area contributed by atoms with Gasteiger partial charge in [-0.15, -0.1) is 0 Å². The first-order valence-electron chi connectivity index (χ1n) is 8.68. The van der Waals surface area contributed by atoms with Crippen LogP contribution in [-0.2, 0) is 9.59 Å². The highest BCUT2D eigenvalue weighted by atomic mass is 16.2. The second-order valence-corrected chi connectivity index (χ2v) is 7.47. The average Bonchev–Trinajstić information content (AvgIpc) is 3.02. The molecule has 1 saturated heterocycles. The maximum Gasteiger partial charge on any atom is 0.247 e. The lowest BCUT2D eigenvalue weighted by molar-refractivity contribution is -0.141. The van der Waals surface area contributed by atoms with Crippen LogP contribution in [0.3, 0.4) is 0 Å². The Morgan fingerprint density at radius 2 is 1.76 bits per heavy atom. The van der Waals surface area contributed by atoms with Gasteiger partial charge in [0.15, 0.2) is 0 Å². The van der Waals surface area contributed by atoms with Crippen molar-refractivity contribution in [2.45, 2.75) is 83.3 Å². The molecule has 0 aromatic rings. The smallest absolute Gasteiger partial charge is 0.247 e. The molecule has 0 aromatic carbocycles. The van der Waals surface area contributed by atoms with Crippen LogP contribution in [0.15, 0.2) is 0 Å². The highest BCUT2D eigenvalue weighted by molar-refractivity contribution is 6.05. The molecule has 1 heterocycles. The van der Waals surface area contributed by atoms with E-state index in [0.29, 0.717) is 18.4 Å². The van der Waals surface area contributed by atoms with Crippen LogP contribution >= 0.6 is 0 Å². The standard InChI is InChI=1S/C17H28N2O2/c1-11-7-8-14(12(2)9-11)18-15-10-16(20)19(17(15)21)13-5-3-4-6-13/h11-15,18H,3-10H2,1-2H3. The first kappa shape index (κ1) is 15.0. The Bertz CT molecular complexity index is 417. The normalized spacial score (nSPS) is 38.5. The fourth-order valence-electron chi connectivity index (χ4n) is 4.50. The summed E-state index contributed by atoms with van der Waals surface area (Å²) >= 11 is 0. The highest BCUT2D eigenvalue weighted by Crippen LogP contribution is 2.31. The van der Waals surface area contributed by atoms with E-state index in [1.165, 1.54) is 12.8 Å². The third-order valence-electron chi connectivity index (χ3n) is 5.72. The maximum atomic E-state index is 12.6. The minimum absolute atomic E-state index is 0.0396. The summed E-state index contributed by atoms with van der Waals surface area (Å²) in [6.45, 7) is 4.57. The van der Waals surface area contributed by atoms with Crippen LogP contribution in [0.1, 0.15) is 65.2 Å². The number of carbonyl (C=O) groups is 2. The van der Waals surface area contributed by atoms with Gasteiger partial charge in [-0.2, -0.15) is 0 Å². The van der Waals surface area contributed by atoms with E-state index in [1.54, 1.807) is 4.90 Å². The predicted octanol–water partition coefficient (Wildman–Crippen LogP) is 2.47. The molecule has 4 heteroatoms. The second-order valence-electron chi connectivity index (χ2n) is 7.47. The summed E-state index contributed by atoms with van der Waals surface area (Å²) < 4.78 is 0. The quantitative estimate of drug-likeness (QED) is 0.813. The van der Waals surface area contributed by atoms with Crippen molar-refractivity contribution in [2.75, 3.05) is 0 Å². The molecule has 118 valence electrons. The molecular weight excluding hydrogens is 264 g/mol. The number of amides is 2. The molecule has 0 radical (unpaired) electrons. The van der Waals surface area contributed by atoms with E-state index in [4.69, 9.17) is 0 Å². The van der Waals surface area contributed by atoms with Crippen molar-refractivity contribution in [3.63, 3.8) is 0 Å². The molecule has 0 aromatic heterocycles. The Labute approximate surface area is 127 Å². The number of likely N-dealkylation sites (tertiary alicyclic amines) is 1. The Morgan fingerprint density at radius 3 is 2.43 bits per heavy atom. The topological polar surface area (TPSA) is 49.4 Å². The van der Waals surface area contributed by atoms with Crippen LogP contribution in [0.25, 0.3) is 0 Å². The lowest BCUT2D eigenvalue weighted by Gasteiger charge is -2.34. The van der Waals surface area contributed by atoms with Crippen molar-refractivity contribution in [1.82, 2.24) is 10.2 Å². The van der Waals surface area contributed by atoms with Gasteiger partial charge in [0.25, 0.3) is 0 Å². The molecule has 3 fully saturated rings. The molecule has 3 aliphatic rings. The molecule has 1 N–H and O–H groups in total. The number of rotatable bonds is 3. The van der Waals surface area contributed by atoms with E-state index in [1.807, 2.05) is 0 Å². The maximum absolute atomic E-state index is 12.6. The fourth-order valence-corrected chi connectivity index (χ4v) is 4.50. The highest BCUT2D eigenvalue weighted by Gasteiger charge is 2.44. The zero-order chi connectivity index (χ0) is 15.0. The number of nitrogens with zero attached hydrogens (tertiary/aromatic N) is 1. The molecule has 2 aliphatic carbocycles. The molecule has 4 atom stereocenters. The van der Waals surface area contributed by atoms with Gasteiger partial charge in [0.2, 0.25) is 11.8 Å². The fraction of sp³-hybridized carbons (Fsp3) is 0.882. The van der Waals surface area contributed by atoms with Gasteiger partial charge in [-0.1, -0.05) is 26.7 Å². The average molecular weight is 292 g/mol. The zero-order valence-electron chi connectivity index (χ0n) is 13.3. The van der Waals surface area contributed by atoms with Gasteiger partial charge >= 0.3 is 0 Å². The molecule has 2 saturated carbocycles. The third-order valence-corrected chi connectivity index (χ3v) is 5.72. The molecule has 1 aliphatic heterocycles. The molecule has 0 spiro atoms. The number of carbonyl (C=O) groups excluding carboxylic acids is 2. The van der Waals surface area contributed by atoms with Gasteiger partial charge in [-0.05, 0) is 43.9 Å². The van der Waals surface area contributed by atoms with Gasteiger partial charge in [0.1, 0.15) is 0 Å². The van der Waals surface area contributed by atoms with Crippen LogP contribution in [0.4, 0.5) is 0 Å². The van der Waals surface area contributed by atoms with Gasteiger partial charge in [0, 0.05) is 12.1 Å². The Kier molecular flexibility index (Phi) is 4.34. The van der Waals surface area contributed by atoms with Crippen molar-refractivity contribution < 1.29 is 9.59 Å². The third kappa shape index (κ3) is 3.01. The summed E-state index contributed by atoms with van der Waals surface area (Å²) in [5.41, 5.74) is 0. The van der Waals surface area contributed by atoms with Crippen LogP contribution in [0.5, 0.6) is 0 Å². The van der Waals surface area contributed by atoms with E-state index >= 15 is 0 Å². The van der Waals surface area contributed by atoms with Crippen molar-refractivity contribution in [3.8, 4) is 0 Å². The number of hydrogen-bond acceptors (Lipinski definition) is 3. The van der Waals surface area contributed by atoms with E-state index in [0.717, 1.165) is 38.0 Å². The molecule has 3 rings (SSSR count). The van der Waals surface area contributed by atoms with Crippen LogP contribution < -0.4 is 5.32 Å². The van der Waals surface area contributed by atoms with Crippen LogP contribution in [0, 0.1) is 11.8 Å². The molecule has 21 heavy (non-hydrogen) atoms. The van der Waals surface area contributed by atoms with Crippen molar-refractivity contribution in [1.29, 1.82) is 0 Å². The Hall–Kier alpha value is -0.900. The molecular formula is C17H28N2O2. The molecule has 4 nitrogen and oxygen atoms in total. The van der Waals surface area contributed by atoms with Gasteiger partial charge < -0.3 is 5.32 Å². The zero-order valence-corrected chi connectivity index (χ0v) is 13.3. The van der Waals surface area contributed by atoms with E-state index in [2.05, 4.69) is 19.2 Å². The molecule has 2 amide bonds. The minimum Gasteiger partial charge on any atom is -0.302 e. The van der Waals surface area contributed by atoms with Gasteiger partial charge in [-0.3, -0.25) is 14.5 Å². The SMILES string of the molecule is CC1CCC(NC2CC(=O)N(C3CCCC3)C2=O)C(C)C1. The van der Waals surface area contributed by atoms with Crippen LogP contribution in [0.2, 0.25) is 0 Å². The lowest BCUT2D eigenvalue weighted by atomic mass is 9.79. The Morgan fingerprint density at radius 1 is 1.05 bits per heavy atom. The number of hydrogen-bond donors (Lipinski definition) is 1. The van der Waals surface area contributed by atoms with Crippen LogP contribution in [-0.4, -0.2) is 34.8 Å². The number of nitrogens with one attached hydrogen (secondary N) is 1. The summed E-state index contributed by atoms with van der Waals surface area (Å²) in [5.74, 6) is 1.46. The van der Waals surface area contributed by atoms with E-state index in [9.17, 15) is 9.59 Å². The summed E-state index contributed by atoms with van der Waals surface area (Å²) in [6, 6.07) is 0.311. The van der Waals surface area contributed by atoms with Crippen molar-refractivity contribution >= 4 is 11.8 Å². The van der Waals surface area contributed by atoms with Crippen molar-refractivity contribution in [2.24, 2.45) is 11.8 Å². The summed E-state index contributed by atoms with van der Waals surface area (Å²) in [7, 11) is 0. The van der Waals surface area contributed by atoms with E-state index < -0.39 is 0 Å². The monoisotopic (exact) mass is 292 g/mol. The summed E-state index contributed by atoms with van der Waals surface area (Å²) in [6.07, 6.45) is 8.25.